The van der Waals surface area contributed by atoms with Crippen LogP contribution in [0, 0.1) is 11.7 Å². The number of nitrogens with zero attached hydrogens (tertiary/aromatic N) is 1. The SMILES string of the molecule is CCN(CCCO)c1ccc(F)cc1CNCC(C)C. The van der Waals surface area contributed by atoms with E-state index in [2.05, 4.69) is 31.0 Å². The van der Waals surface area contributed by atoms with Crippen molar-refractivity contribution in [3.05, 3.63) is 29.6 Å². The minimum Gasteiger partial charge on any atom is -0.396 e. The van der Waals surface area contributed by atoms with Crippen LogP contribution in [-0.2, 0) is 6.54 Å². The lowest BCUT2D eigenvalue weighted by Crippen LogP contribution is -2.27. The van der Waals surface area contributed by atoms with Gasteiger partial charge in [0.1, 0.15) is 5.82 Å². The maximum absolute atomic E-state index is 13.5. The smallest absolute Gasteiger partial charge is 0.123 e. The van der Waals surface area contributed by atoms with Gasteiger partial charge in [0.05, 0.1) is 0 Å². The Morgan fingerprint density at radius 2 is 2.10 bits per heavy atom. The topological polar surface area (TPSA) is 35.5 Å². The van der Waals surface area contributed by atoms with Crippen molar-refractivity contribution in [3.63, 3.8) is 0 Å². The molecule has 0 saturated carbocycles. The van der Waals surface area contributed by atoms with Gasteiger partial charge in [-0.05, 0) is 49.6 Å². The van der Waals surface area contributed by atoms with E-state index in [0.717, 1.165) is 37.3 Å². The molecule has 0 spiro atoms. The van der Waals surface area contributed by atoms with E-state index in [0.29, 0.717) is 12.5 Å². The van der Waals surface area contributed by atoms with Crippen molar-refractivity contribution in [1.29, 1.82) is 0 Å². The molecule has 0 amide bonds. The van der Waals surface area contributed by atoms with E-state index in [1.54, 1.807) is 6.07 Å². The Morgan fingerprint density at radius 1 is 1.35 bits per heavy atom. The highest BCUT2D eigenvalue weighted by Crippen LogP contribution is 2.22. The zero-order chi connectivity index (χ0) is 15.0. The van der Waals surface area contributed by atoms with Crippen LogP contribution in [0.2, 0.25) is 0 Å². The Balaban J connectivity index is 2.81. The second-order valence-corrected chi connectivity index (χ2v) is 5.45. The van der Waals surface area contributed by atoms with Crippen molar-refractivity contribution >= 4 is 5.69 Å². The van der Waals surface area contributed by atoms with Gasteiger partial charge in [0.2, 0.25) is 0 Å². The lowest BCUT2D eigenvalue weighted by Gasteiger charge is -2.26. The van der Waals surface area contributed by atoms with Crippen molar-refractivity contribution in [2.45, 2.75) is 33.7 Å². The van der Waals surface area contributed by atoms with Crippen molar-refractivity contribution in [2.24, 2.45) is 5.92 Å². The molecule has 0 bridgehead atoms. The van der Waals surface area contributed by atoms with E-state index in [4.69, 9.17) is 5.11 Å². The second-order valence-electron chi connectivity index (χ2n) is 5.45. The van der Waals surface area contributed by atoms with E-state index >= 15 is 0 Å². The number of hydrogen-bond acceptors (Lipinski definition) is 3. The van der Waals surface area contributed by atoms with Gasteiger partial charge < -0.3 is 15.3 Å². The van der Waals surface area contributed by atoms with E-state index in [9.17, 15) is 4.39 Å². The number of rotatable bonds is 9. The van der Waals surface area contributed by atoms with Crippen molar-refractivity contribution in [2.75, 3.05) is 31.1 Å². The molecule has 20 heavy (non-hydrogen) atoms. The predicted octanol–water partition coefficient (Wildman–Crippen LogP) is 2.78. The molecule has 0 radical (unpaired) electrons. The van der Waals surface area contributed by atoms with Crippen LogP contribution in [0.15, 0.2) is 18.2 Å². The lowest BCUT2D eigenvalue weighted by atomic mass is 10.1. The molecule has 114 valence electrons. The summed E-state index contributed by atoms with van der Waals surface area (Å²) in [5, 5.41) is 12.3. The molecule has 0 heterocycles. The summed E-state index contributed by atoms with van der Waals surface area (Å²) in [5.74, 6) is 0.372. The molecule has 0 aromatic heterocycles. The van der Waals surface area contributed by atoms with Crippen molar-refractivity contribution in [1.82, 2.24) is 5.32 Å². The lowest BCUT2D eigenvalue weighted by molar-refractivity contribution is 0.289. The van der Waals surface area contributed by atoms with Gasteiger partial charge in [0.25, 0.3) is 0 Å². The summed E-state index contributed by atoms with van der Waals surface area (Å²) in [4.78, 5) is 2.18. The third kappa shape index (κ3) is 5.47. The average Bonchev–Trinajstić information content (AvgIpc) is 2.41. The standard InChI is InChI=1S/C16H27FN2O/c1-4-19(8-5-9-20)16-7-6-15(17)10-14(16)12-18-11-13(2)3/h6-7,10,13,18,20H,4-5,8-9,11-12H2,1-3H3. The predicted molar refractivity (Wildman–Crippen MR) is 82.5 cm³/mol. The minimum absolute atomic E-state index is 0.179. The van der Waals surface area contributed by atoms with Gasteiger partial charge in [0.15, 0.2) is 0 Å². The number of halogens is 1. The van der Waals surface area contributed by atoms with E-state index < -0.39 is 0 Å². The van der Waals surface area contributed by atoms with Crippen LogP contribution in [-0.4, -0.2) is 31.3 Å². The van der Waals surface area contributed by atoms with Crippen LogP contribution in [0.3, 0.4) is 0 Å². The summed E-state index contributed by atoms with van der Waals surface area (Å²) in [7, 11) is 0. The fourth-order valence-corrected chi connectivity index (χ4v) is 2.21. The second kappa shape index (κ2) is 8.93. The highest BCUT2D eigenvalue weighted by atomic mass is 19.1. The van der Waals surface area contributed by atoms with Crippen molar-refractivity contribution < 1.29 is 9.50 Å². The average molecular weight is 282 g/mol. The summed E-state index contributed by atoms with van der Waals surface area (Å²) < 4.78 is 13.5. The van der Waals surface area contributed by atoms with Crippen LogP contribution >= 0.6 is 0 Å². The minimum atomic E-state index is -0.201. The first kappa shape index (κ1) is 16.9. The number of hydrogen-bond donors (Lipinski definition) is 2. The maximum Gasteiger partial charge on any atom is 0.123 e. The molecule has 0 fully saturated rings. The normalized spacial score (nSPS) is 11.1. The largest absolute Gasteiger partial charge is 0.396 e. The summed E-state index contributed by atoms with van der Waals surface area (Å²) in [6.07, 6.45) is 0.726. The van der Waals surface area contributed by atoms with Crippen LogP contribution < -0.4 is 10.2 Å². The third-order valence-electron chi connectivity index (χ3n) is 3.22. The number of aliphatic hydroxyl groups excluding tert-OH is 1. The van der Waals surface area contributed by atoms with Gasteiger partial charge in [-0.1, -0.05) is 13.8 Å². The molecule has 2 N–H and O–H groups in total. The highest BCUT2D eigenvalue weighted by Gasteiger charge is 2.10. The highest BCUT2D eigenvalue weighted by molar-refractivity contribution is 5.53. The molecule has 0 aliphatic carbocycles. The van der Waals surface area contributed by atoms with Gasteiger partial charge >= 0.3 is 0 Å². The van der Waals surface area contributed by atoms with E-state index in [1.807, 2.05) is 6.07 Å². The van der Waals surface area contributed by atoms with Gasteiger partial charge in [-0.3, -0.25) is 0 Å². The van der Waals surface area contributed by atoms with Crippen LogP contribution in [0.25, 0.3) is 0 Å². The molecule has 0 aliphatic heterocycles. The molecule has 1 aromatic carbocycles. The van der Waals surface area contributed by atoms with Crippen LogP contribution in [0.5, 0.6) is 0 Å². The summed E-state index contributed by atoms with van der Waals surface area (Å²) in [6, 6.07) is 4.94. The number of aliphatic hydroxyl groups is 1. The van der Waals surface area contributed by atoms with E-state index in [1.165, 1.54) is 6.07 Å². The molecule has 0 unspecified atom stereocenters. The zero-order valence-corrected chi connectivity index (χ0v) is 12.8. The summed E-state index contributed by atoms with van der Waals surface area (Å²) >= 11 is 0. The number of anilines is 1. The third-order valence-corrected chi connectivity index (χ3v) is 3.22. The fraction of sp³-hybridized carbons (Fsp3) is 0.625. The summed E-state index contributed by atoms with van der Waals surface area (Å²) in [6.45, 7) is 9.78. The number of nitrogens with one attached hydrogen (secondary N) is 1. The quantitative estimate of drug-likeness (QED) is 0.731. The van der Waals surface area contributed by atoms with Gasteiger partial charge in [0, 0.05) is 31.9 Å². The Bertz CT molecular complexity index is 396. The summed E-state index contributed by atoms with van der Waals surface area (Å²) in [5.41, 5.74) is 2.03. The first-order valence-corrected chi connectivity index (χ1v) is 7.43. The molecule has 3 nitrogen and oxygen atoms in total. The molecular weight excluding hydrogens is 255 g/mol. The fourth-order valence-electron chi connectivity index (χ4n) is 2.21. The Labute approximate surface area is 121 Å². The van der Waals surface area contributed by atoms with Crippen molar-refractivity contribution in [3.8, 4) is 0 Å². The number of benzene rings is 1. The molecule has 0 saturated heterocycles. The van der Waals surface area contributed by atoms with Crippen LogP contribution in [0.1, 0.15) is 32.8 Å². The van der Waals surface area contributed by atoms with Gasteiger partial charge in [-0.25, -0.2) is 4.39 Å². The molecular formula is C16H27FN2O. The first-order chi connectivity index (χ1) is 9.58. The Kier molecular flexibility index (Phi) is 7.55. The monoisotopic (exact) mass is 282 g/mol. The Morgan fingerprint density at radius 3 is 2.70 bits per heavy atom. The zero-order valence-electron chi connectivity index (χ0n) is 12.8. The molecule has 4 heteroatoms. The molecule has 1 rings (SSSR count). The van der Waals surface area contributed by atoms with Gasteiger partial charge in [-0.2, -0.15) is 0 Å². The van der Waals surface area contributed by atoms with Crippen LogP contribution in [0.4, 0.5) is 10.1 Å². The first-order valence-electron chi connectivity index (χ1n) is 7.43. The molecule has 1 aromatic rings. The molecule has 0 atom stereocenters. The van der Waals surface area contributed by atoms with Gasteiger partial charge in [-0.15, -0.1) is 0 Å². The maximum atomic E-state index is 13.5. The van der Waals surface area contributed by atoms with E-state index in [-0.39, 0.29) is 12.4 Å². The molecule has 0 aliphatic rings. The Hall–Kier alpha value is -1.13.